The first kappa shape index (κ1) is 19.4. The maximum atomic E-state index is 12.5. The third-order valence-corrected chi connectivity index (χ3v) is 4.07. The van der Waals surface area contributed by atoms with Crippen LogP contribution in [-0.4, -0.2) is 45.0 Å². The molecule has 2 aromatic heterocycles. The lowest BCUT2D eigenvalue weighted by molar-refractivity contribution is 0.248. The first-order valence-corrected chi connectivity index (χ1v) is 8.57. The van der Waals surface area contributed by atoms with Gasteiger partial charge in [0.1, 0.15) is 17.8 Å². The van der Waals surface area contributed by atoms with Crippen molar-refractivity contribution < 1.29 is 14.3 Å². The number of methoxy groups -OCH3 is 2. The van der Waals surface area contributed by atoms with Gasteiger partial charge in [0, 0.05) is 18.5 Å². The number of halogens is 1. The number of benzene rings is 1. The molecule has 0 aliphatic carbocycles. The number of nitrogens with zero attached hydrogens (tertiary/aromatic N) is 5. The smallest absolute Gasteiger partial charge is 0.319 e. The lowest BCUT2D eigenvalue weighted by atomic mass is 10.2. The van der Waals surface area contributed by atoms with Crippen molar-refractivity contribution in [1.29, 1.82) is 0 Å². The van der Waals surface area contributed by atoms with Crippen LogP contribution in [0.1, 0.15) is 18.8 Å². The first-order chi connectivity index (χ1) is 13.5. The largest absolute Gasteiger partial charge is 0.495 e. The van der Waals surface area contributed by atoms with Crippen molar-refractivity contribution >= 4 is 23.3 Å². The minimum absolute atomic E-state index is 0.340. The molecule has 1 aromatic carbocycles. The van der Waals surface area contributed by atoms with E-state index >= 15 is 0 Å². The molecular weight excluding hydrogens is 386 g/mol. The number of nitrogens with one attached hydrogen (secondary N) is 2. The molecule has 2 heterocycles. The highest BCUT2D eigenvalue weighted by molar-refractivity contribution is 6.32. The van der Waals surface area contributed by atoms with E-state index in [1.54, 1.807) is 37.5 Å². The Kier molecular flexibility index (Phi) is 5.90. The third kappa shape index (κ3) is 4.12. The molecule has 146 valence electrons. The molecule has 2 amide bonds. The predicted molar refractivity (Wildman–Crippen MR) is 102 cm³/mol. The number of anilines is 1. The Hall–Kier alpha value is -3.40. The topological polar surface area (TPSA) is 116 Å². The van der Waals surface area contributed by atoms with Gasteiger partial charge in [0.2, 0.25) is 0 Å². The van der Waals surface area contributed by atoms with Crippen LogP contribution in [0.4, 0.5) is 10.5 Å². The molecule has 1 atom stereocenters. The molecule has 0 aliphatic rings. The van der Waals surface area contributed by atoms with Crippen molar-refractivity contribution in [3.05, 3.63) is 47.8 Å². The van der Waals surface area contributed by atoms with E-state index in [1.165, 1.54) is 25.2 Å². The molecule has 11 heteroatoms. The van der Waals surface area contributed by atoms with Gasteiger partial charge >= 0.3 is 6.03 Å². The molecule has 0 spiro atoms. The predicted octanol–water partition coefficient (Wildman–Crippen LogP) is 2.61. The summed E-state index contributed by atoms with van der Waals surface area (Å²) >= 11 is 6.13. The van der Waals surface area contributed by atoms with Crippen LogP contribution in [0.25, 0.3) is 5.95 Å². The van der Waals surface area contributed by atoms with Crippen molar-refractivity contribution in [3.8, 4) is 17.4 Å². The minimum atomic E-state index is -0.481. The number of carbonyl (C=O) groups excluding carboxylic acids is 1. The molecule has 28 heavy (non-hydrogen) atoms. The SMILES string of the molecule is COc1cc(OC)c(NC(=O)NC(C)c2ncnn2-c2ncccn2)cc1Cl. The number of hydrogen-bond acceptors (Lipinski definition) is 7. The van der Waals surface area contributed by atoms with E-state index < -0.39 is 12.1 Å². The fourth-order valence-corrected chi connectivity index (χ4v) is 2.72. The Morgan fingerprint density at radius 2 is 1.86 bits per heavy atom. The summed E-state index contributed by atoms with van der Waals surface area (Å²) in [5, 5.41) is 9.94. The number of ether oxygens (including phenoxy) is 2. The van der Waals surface area contributed by atoms with Crippen LogP contribution in [-0.2, 0) is 0 Å². The van der Waals surface area contributed by atoms with E-state index in [0.717, 1.165) is 0 Å². The van der Waals surface area contributed by atoms with Gasteiger partial charge in [-0.1, -0.05) is 11.6 Å². The number of aromatic nitrogens is 5. The highest BCUT2D eigenvalue weighted by Crippen LogP contribution is 2.35. The average Bonchev–Trinajstić information content (AvgIpc) is 3.19. The van der Waals surface area contributed by atoms with Gasteiger partial charge in [0.05, 0.1) is 31.0 Å². The molecular formula is C17H18ClN7O3. The maximum Gasteiger partial charge on any atom is 0.319 e. The summed E-state index contributed by atoms with van der Waals surface area (Å²) in [4.78, 5) is 24.9. The van der Waals surface area contributed by atoms with Crippen molar-refractivity contribution in [1.82, 2.24) is 30.0 Å². The molecule has 2 N–H and O–H groups in total. The summed E-state index contributed by atoms with van der Waals surface area (Å²) in [6, 6.07) is 3.87. The number of carbonyl (C=O) groups is 1. The fourth-order valence-electron chi connectivity index (χ4n) is 2.48. The van der Waals surface area contributed by atoms with Gasteiger partial charge in [0.25, 0.3) is 5.95 Å². The van der Waals surface area contributed by atoms with Crippen molar-refractivity contribution in [2.45, 2.75) is 13.0 Å². The lowest BCUT2D eigenvalue weighted by Gasteiger charge is -2.16. The second-order valence-corrected chi connectivity index (χ2v) is 5.99. The highest BCUT2D eigenvalue weighted by Gasteiger charge is 2.19. The molecule has 0 aliphatic heterocycles. The van der Waals surface area contributed by atoms with E-state index in [9.17, 15) is 4.79 Å². The van der Waals surface area contributed by atoms with Crippen molar-refractivity contribution in [2.75, 3.05) is 19.5 Å². The van der Waals surface area contributed by atoms with Gasteiger partial charge in [-0.15, -0.1) is 0 Å². The standard InChI is InChI=1S/C17H18ClN7O3/c1-10(15-21-9-22-25(15)16-19-5-4-6-20-16)23-17(26)24-12-7-11(18)13(27-2)8-14(12)28-3/h4-10H,1-3H3,(H2,23,24,26). The molecule has 3 rings (SSSR count). The molecule has 0 fully saturated rings. The number of urea groups is 1. The lowest BCUT2D eigenvalue weighted by Crippen LogP contribution is -2.32. The van der Waals surface area contributed by atoms with E-state index in [-0.39, 0.29) is 0 Å². The second kappa shape index (κ2) is 8.53. The van der Waals surface area contributed by atoms with Crippen LogP contribution in [0.5, 0.6) is 11.5 Å². The van der Waals surface area contributed by atoms with Crippen LogP contribution >= 0.6 is 11.6 Å². The van der Waals surface area contributed by atoms with Crippen LogP contribution in [0.2, 0.25) is 5.02 Å². The Labute approximate surface area is 165 Å². The molecule has 10 nitrogen and oxygen atoms in total. The van der Waals surface area contributed by atoms with Gasteiger partial charge in [-0.05, 0) is 19.1 Å². The van der Waals surface area contributed by atoms with Crippen molar-refractivity contribution in [2.24, 2.45) is 0 Å². The minimum Gasteiger partial charge on any atom is -0.495 e. The highest BCUT2D eigenvalue weighted by atomic mass is 35.5. The van der Waals surface area contributed by atoms with Crippen LogP contribution in [0.15, 0.2) is 36.9 Å². The Bertz CT molecular complexity index is 965. The van der Waals surface area contributed by atoms with Gasteiger partial charge in [-0.3, -0.25) is 0 Å². The fraction of sp³-hybridized carbons (Fsp3) is 0.235. The zero-order valence-corrected chi connectivity index (χ0v) is 16.1. The van der Waals surface area contributed by atoms with E-state index in [4.69, 9.17) is 21.1 Å². The molecule has 0 saturated carbocycles. The van der Waals surface area contributed by atoms with Crippen LogP contribution < -0.4 is 20.1 Å². The number of rotatable bonds is 6. The zero-order chi connectivity index (χ0) is 20.1. The summed E-state index contributed by atoms with van der Waals surface area (Å²) in [5.41, 5.74) is 0.394. The second-order valence-electron chi connectivity index (χ2n) is 5.59. The molecule has 3 aromatic rings. The normalized spacial score (nSPS) is 11.6. The molecule has 1 unspecified atom stereocenters. The molecule has 0 saturated heterocycles. The monoisotopic (exact) mass is 403 g/mol. The Morgan fingerprint density at radius 1 is 1.14 bits per heavy atom. The average molecular weight is 404 g/mol. The Balaban J connectivity index is 1.74. The summed E-state index contributed by atoms with van der Waals surface area (Å²) in [7, 11) is 2.98. The molecule has 0 radical (unpaired) electrons. The van der Waals surface area contributed by atoms with Gasteiger partial charge in [0.15, 0.2) is 5.82 Å². The number of amides is 2. The quantitative estimate of drug-likeness (QED) is 0.649. The van der Waals surface area contributed by atoms with Crippen molar-refractivity contribution in [3.63, 3.8) is 0 Å². The molecule has 0 bridgehead atoms. The van der Waals surface area contributed by atoms with E-state index in [0.29, 0.717) is 34.0 Å². The van der Waals surface area contributed by atoms with Gasteiger partial charge in [-0.2, -0.15) is 9.78 Å². The Morgan fingerprint density at radius 3 is 2.54 bits per heavy atom. The summed E-state index contributed by atoms with van der Waals surface area (Å²) in [6.45, 7) is 1.77. The number of hydrogen-bond donors (Lipinski definition) is 2. The zero-order valence-electron chi connectivity index (χ0n) is 15.4. The van der Waals surface area contributed by atoms with Crippen LogP contribution in [0.3, 0.4) is 0 Å². The summed E-state index contributed by atoms with van der Waals surface area (Å²) in [5.74, 6) is 1.67. The summed E-state index contributed by atoms with van der Waals surface area (Å²) in [6.07, 6.45) is 4.56. The van der Waals surface area contributed by atoms with E-state index in [2.05, 4.69) is 30.7 Å². The third-order valence-electron chi connectivity index (χ3n) is 3.77. The van der Waals surface area contributed by atoms with Crippen LogP contribution in [0, 0.1) is 0 Å². The van der Waals surface area contributed by atoms with E-state index in [1.807, 2.05) is 0 Å². The van der Waals surface area contributed by atoms with Gasteiger partial charge < -0.3 is 20.1 Å². The summed E-state index contributed by atoms with van der Waals surface area (Å²) < 4.78 is 11.9. The first-order valence-electron chi connectivity index (χ1n) is 8.19. The maximum absolute atomic E-state index is 12.5. The van der Waals surface area contributed by atoms with Gasteiger partial charge in [-0.25, -0.2) is 19.7 Å².